The Labute approximate surface area is 195 Å². The summed E-state index contributed by atoms with van der Waals surface area (Å²) in [4.78, 5) is 28.4. The first-order chi connectivity index (χ1) is 15.4. The third-order valence-corrected chi connectivity index (χ3v) is 9.35. The summed E-state index contributed by atoms with van der Waals surface area (Å²) in [5, 5.41) is 1.96. The number of likely N-dealkylation sites (tertiary alicyclic amines) is 1. The monoisotopic (exact) mass is 479 g/mol. The van der Waals surface area contributed by atoms with Crippen molar-refractivity contribution in [3.05, 3.63) is 18.2 Å². The van der Waals surface area contributed by atoms with E-state index >= 15 is 0 Å². The molecule has 2 fully saturated rings. The molecule has 32 heavy (non-hydrogen) atoms. The summed E-state index contributed by atoms with van der Waals surface area (Å²) < 4.78 is 28.8. The van der Waals surface area contributed by atoms with Crippen molar-refractivity contribution in [2.75, 3.05) is 18.4 Å². The molecule has 2 N–H and O–H groups in total. The van der Waals surface area contributed by atoms with Crippen LogP contribution in [0.3, 0.4) is 0 Å². The average Bonchev–Trinajstić information content (AvgIpc) is 3.04. The molecule has 1 aromatic rings. The summed E-state index contributed by atoms with van der Waals surface area (Å²) in [6.45, 7) is 1.39. The minimum Gasteiger partial charge on any atom is -0.341 e. The van der Waals surface area contributed by atoms with Gasteiger partial charge in [0.2, 0.25) is 21.8 Å². The van der Waals surface area contributed by atoms with Crippen LogP contribution in [-0.4, -0.2) is 49.5 Å². The lowest BCUT2D eigenvalue weighted by molar-refractivity contribution is -0.133. The maximum absolute atomic E-state index is 13.0. The number of amides is 2. The van der Waals surface area contributed by atoms with Crippen LogP contribution < -0.4 is 10.0 Å². The standard InChI is InChI=1S/C23H33N3O4S2/c27-22-21(23(28)26-14-8-4-5-9-15-26)31-20-13-12-18(16-19(20)24-22)32(29,30)25-17-10-6-2-1-3-7-11-17/h12-13,16-17,21,25H,1-11,14-15H2,(H,24,27)/t21-/m0/s1. The highest BCUT2D eigenvalue weighted by Gasteiger charge is 2.36. The number of nitrogens with zero attached hydrogens (tertiary/aromatic N) is 1. The molecule has 0 bridgehead atoms. The second kappa shape index (κ2) is 10.6. The van der Waals surface area contributed by atoms with Gasteiger partial charge in [0.15, 0.2) is 5.25 Å². The second-order valence-electron chi connectivity index (χ2n) is 9.05. The third-order valence-electron chi connectivity index (χ3n) is 6.57. The van der Waals surface area contributed by atoms with Gasteiger partial charge in [-0.05, 0) is 43.9 Å². The molecule has 9 heteroatoms. The number of carbonyl (C=O) groups is 2. The minimum atomic E-state index is -3.68. The number of benzene rings is 1. The first-order valence-corrected chi connectivity index (χ1v) is 14.2. The highest BCUT2D eigenvalue weighted by Crippen LogP contribution is 2.38. The summed E-state index contributed by atoms with van der Waals surface area (Å²) in [5.74, 6) is -0.526. The molecule has 2 aliphatic heterocycles. The third kappa shape index (κ3) is 5.66. The van der Waals surface area contributed by atoms with Crippen LogP contribution in [-0.2, 0) is 19.6 Å². The van der Waals surface area contributed by atoms with Crippen LogP contribution in [0.4, 0.5) is 5.69 Å². The Hall–Kier alpha value is -1.58. The predicted molar refractivity (Wildman–Crippen MR) is 126 cm³/mol. The fourth-order valence-electron chi connectivity index (χ4n) is 4.74. The largest absolute Gasteiger partial charge is 0.341 e. The van der Waals surface area contributed by atoms with Gasteiger partial charge < -0.3 is 10.2 Å². The number of hydrogen-bond donors (Lipinski definition) is 2. The van der Waals surface area contributed by atoms with Crippen molar-refractivity contribution in [3.63, 3.8) is 0 Å². The van der Waals surface area contributed by atoms with Crippen molar-refractivity contribution in [2.24, 2.45) is 0 Å². The molecular formula is C23H33N3O4S2. The van der Waals surface area contributed by atoms with E-state index in [0.29, 0.717) is 18.8 Å². The number of anilines is 1. The fourth-order valence-corrected chi connectivity index (χ4v) is 7.12. The van der Waals surface area contributed by atoms with Crippen LogP contribution in [0.25, 0.3) is 0 Å². The van der Waals surface area contributed by atoms with Crippen molar-refractivity contribution in [3.8, 4) is 0 Å². The number of thioether (sulfide) groups is 1. The quantitative estimate of drug-likeness (QED) is 0.639. The first-order valence-electron chi connectivity index (χ1n) is 11.9. The van der Waals surface area contributed by atoms with Crippen molar-refractivity contribution in [1.82, 2.24) is 9.62 Å². The fraction of sp³-hybridized carbons (Fsp3) is 0.652. The van der Waals surface area contributed by atoms with Gasteiger partial charge in [-0.1, -0.05) is 44.9 Å². The summed E-state index contributed by atoms with van der Waals surface area (Å²) in [6, 6.07) is 4.74. The maximum atomic E-state index is 13.0. The molecule has 2 amide bonds. The topological polar surface area (TPSA) is 95.6 Å². The molecule has 3 aliphatic rings. The SMILES string of the molecule is O=C1Nc2cc(S(=O)(=O)NC3CCCCCCC3)ccc2S[C@@H]1C(=O)N1CCCCCC1. The zero-order valence-corrected chi connectivity index (χ0v) is 20.1. The van der Waals surface area contributed by atoms with Crippen LogP contribution in [0.5, 0.6) is 0 Å². The molecule has 0 unspecified atom stereocenters. The van der Waals surface area contributed by atoms with Crippen LogP contribution in [0, 0.1) is 0 Å². The van der Waals surface area contributed by atoms with E-state index in [1.807, 2.05) is 0 Å². The lowest BCUT2D eigenvalue weighted by Gasteiger charge is -2.29. The van der Waals surface area contributed by atoms with Crippen LogP contribution in [0.2, 0.25) is 0 Å². The molecule has 1 atom stereocenters. The van der Waals surface area contributed by atoms with Crippen molar-refractivity contribution < 1.29 is 18.0 Å². The molecule has 0 radical (unpaired) electrons. The Morgan fingerprint density at radius 1 is 0.969 bits per heavy atom. The van der Waals surface area contributed by atoms with Crippen LogP contribution >= 0.6 is 11.8 Å². The van der Waals surface area contributed by atoms with E-state index in [-0.39, 0.29) is 22.8 Å². The van der Waals surface area contributed by atoms with Gasteiger partial charge in [-0.25, -0.2) is 13.1 Å². The van der Waals surface area contributed by atoms with Gasteiger partial charge in [0.05, 0.1) is 10.6 Å². The Bertz CT molecular complexity index is 935. The Kier molecular flexibility index (Phi) is 7.78. The molecule has 1 saturated carbocycles. The number of fused-ring (bicyclic) bond motifs is 1. The van der Waals surface area contributed by atoms with Gasteiger partial charge in [0.1, 0.15) is 0 Å². The Morgan fingerprint density at radius 3 is 2.28 bits per heavy atom. The van der Waals surface area contributed by atoms with Gasteiger partial charge in [-0.15, -0.1) is 11.8 Å². The number of sulfonamides is 1. The maximum Gasteiger partial charge on any atom is 0.247 e. The molecule has 2 heterocycles. The van der Waals surface area contributed by atoms with Crippen LogP contribution in [0.15, 0.2) is 28.0 Å². The summed E-state index contributed by atoms with van der Waals surface area (Å²) in [6.07, 6.45) is 11.5. The van der Waals surface area contributed by atoms with Crippen molar-refractivity contribution >= 4 is 39.3 Å². The highest BCUT2D eigenvalue weighted by atomic mass is 32.2. The lowest BCUT2D eigenvalue weighted by Crippen LogP contribution is -2.45. The van der Waals surface area contributed by atoms with E-state index in [1.54, 1.807) is 17.0 Å². The van der Waals surface area contributed by atoms with E-state index in [4.69, 9.17) is 0 Å². The second-order valence-corrected chi connectivity index (χ2v) is 11.9. The van der Waals surface area contributed by atoms with Crippen molar-refractivity contribution in [1.29, 1.82) is 0 Å². The molecule has 1 aliphatic carbocycles. The smallest absolute Gasteiger partial charge is 0.247 e. The minimum absolute atomic E-state index is 0.0454. The summed E-state index contributed by atoms with van der Waals surface area (Å²) in [7, 11) is -3.68. The number of rotatable bonds is 4. The average molecular weight is 480 g/mol. The van der Waals surface area contributed by atoms with Gasteiger partial charge >= 0.3 is 0 Å². The van der Waals surface area contributed by atoms with E-state index in [2.05, 4.69) is 10.0 Å². The van der Waals surface area contributed by atoms with Gasteiger partial charge in [0, 0.05) is 24.0 Å². The summed E-state index contributed by atoms with van der Waals surface area (Å²) in [5.41, 5.74) is 0.459. The van der Waals surface area contributed by atoms with E-state index in [1.165, 1.54) is 24.2 Å². The highest BCUT2D eigenvalue weighted by molar-refractivity contribution is 8.01. The van der Waals surface area contributed by atoms with Crippen molar-refractivity contribution in [2.45, 2.75) is 91.7 Å². The molecular weight excluding hydrogens is 446 g/mol. The molecule has 1 saturated heterocycles. The zero-order chi connectivity index (χ0) is 22.6. The first kappa shape index (κ1) is 23.6. The predicted octanol–water partition coefficient (Wildman–Crippen LogP) is 3.89. The lowest BCUT2D eigenvalue weighted by atomic mass is 9.97. The number of hydrogen-bond acceptors (Lipinski definition) is 5. The Morgan fingerprint density at radius 2 is 1.59 bits per heavy atom. The van der Waals surface area contributed by atoms with E-state index < -0.39 is 15.3 Å². The number of nitrogens with one attached hydrogen (secondary N) is 2. The number of carbonyl (C=O) groups excluding carboxylic acids is 2. The zero-order valence-electron chi connectivity index (χ0n) is 18.5. The molecule has 0 aromatic heterocycles. The van der Waals surface area contributed by atoms with Gasteiger partial charge in [0.25, 0.3) is 0 Å². The van der Waals surface area contributed by atoms with E-state index in [9.17, 15) is 18.0 Å². The molecule has 176 valence electrons. The van der Waals surface area contributed by atoms with Gasteiger partial charge in [-0.2, -0.15) is 0 Å². The summed E-state index contributed by atoms with van der Waals surface area (Å²) >= 11 is 1.22. The normalized spacial score (nSPS) is 23.4. The van der Waals surface area contributed by atoms with Gasteiger partial charge in [-0.3, -0.25) is 9.59 Å². The molecule has 7 nitrogen and oxygen atoms in total. The molecule has 4 rings (SSSR count). The molecule has 1 aromatic carbocycles. The van der Waals surface area contributed by atoms with E-state index in [0.717, 1.165) is 69.1 Å². The molecule has 0 spiro atoms. The van der Waals surface area contributed by atoms with Crippen LogP contribution in [0.1, 0.15) is 70.6 Å². The Balaban J connectivity index is 1.46.